The number of nitrogens with zero attached hydrogens (tertiary/aromatic N) is 1. The molecule has 12 nitrogen and oxygen atoms in total. The van der Waals surface area contributed by atoms with E-state index in [4.69, 9.17) is 14.2 Å². The number of hydrogen-bond acceptors (Lipinski definition) is 8. The molecular weight excluding hydrogens is 730 g/mol. The number of aromatic nitrogens is 1. The van der Waals surface area contributed by atoms with Crippen molar-refractivity contribution in [3.8, 4) is 17.2 Å². The Morgan fingerprint density at radius 2 is 1.71 bits per heavy atom. The van der Waals surface area contributed by atoms with Gasteiger partial charge in [-0.2, -0.15) is 8.78 Å². The molecule has 4 aromatic rings. The Balaban J connectivity index is 1.15. The van der Waals surface area contributed by atoms with Crippen LogP contribution in [0.4, 0.5) is 22.4 Å². The zero-order valence-electron chi connectivity index (χ0n) is 29.3. The van der Waals surface area contributed by atoms with Crippen molar-refractivity contribution >= 4 is 29.5 Å². The highest BCUT2D eigenvalue weighted by Crippen LogP contribution is 2.38. The van der Waals surface area contributed by atoms with Gasteiger partial charge in [0, 0.05) is 49.5 Å². The van der Waals surface area contributed by atoms with Crippen LogP contribution in [-0.4, -0.2) is 65.0 Å². The number of nitrogens with one attached hydrogen (secondary N) is 2. The molecule has 1 aromatic heterocycles. The molecule has 0 saturated heterocycles. The number of aliphatic carboxylic acids is 1. The van der Waals surface area contributed by atoms with E-state index in [1.54, 1.807) is 35.0 Å². The normalized spacial score (nSPS) is 18.0. The molecule has 55 heavy (non-hydrogen) atoms. The first-order chi connectivity index (χ1) is 26.3. The lowest BCUT2D eigenvalue weighted by molar-refractivity contribution is -0.141. The number of carbonyl (C=O) groups is 5. The Morgan fingerprint density at radius 3 is 2.40 bits per heavy atom. The van der Waals surface area contributed by atoms with E-state index in [1.807, 2.05) is 30.3 Å². The molecule has 3 N–H and O–H groups in total. The van der Waals surface area contributed by atoms with Gasteiger partial charge in [0.25, 0.3) is 0 Å². The summed E-state index contributed by atoms with van der Waals surface area (Å²) in [5.74, 6) is -14.2. The van der Waals surface area contributed by atoms with Crippen molar-refractivity contribution in [1.82, 2.24) is 15.2 Å². The summed E-state index contributed by atoms with van der Waals surface area (Å²) in [4.78, 5) is 65.5. The van der Waals surface area contributed by atoms with Gasteiger partial charge in [-0.1, -0.05) is 36.4 Å². The number of carboxylic acid groups (broad SMARTS) is 1. The quantitative estimate of drug-likeness (QED) is 0.125. The smallest absolute Gasteiger partial charge is 0.412 e. The number of aryl methyl sites for hydroxylation is 1. The summed E-state index contributed by atoms with van der Waals surface area (Å²) in [7, 11) is 1.48. The molecule has 0 bridgehead atoms. The van der Waals surface area contributed by atoms with Crippen LogP contribution < -0.4 is 24.8 Å². The summed E-state index contributed by atoms with van der Waals surface area (Å²) >= 11 is 0. The molecule has 2 aliphatic rings. The number of methoxy groups -OCH3 is 1. The second kappa shape index (κ2) is 16.4. The van der Waals surface area contributed by atoms with Gasteiger partial charge in [0.1, 0.15) is 29.9 Å². The minimum absolute atomic E-state index is 0.0449. The maximum absolute atomic E-state index is 14.1. The van der Waals surface area contributed by atoms with E-state index in [2.05, 4.69) is 10.6 Å². The first-order valence-electron chi connectivity index (χ1n) is 17.2. The molecule has 1 aliphatic carbocycles. The van der Waals surface area contributed by atoms with Crippen LogP contribution in [0, 0.1) is 29.2 Å². The van der Waals surface area contributed by atoms with E-state index >= 15 is 0 Å². The van der Waals surface area contributed by atoms with Crippen molar-refractivity contribution in [3.05, 3.63) is 113 Å². The summed E-state index contributed by atoms with van der Waals surface area (Å²) in [5, 5.41) is 14.6. The fraction of sp³-hybridized carbons (Fsp3) is 0.308. The van der Waals surface area contributed by atoms with Crippen LogP contribution in [-0.2, 0) is 38.6 Å². The summed E-state index contributed by atoms with van der Waals surface area (Å²) < 4.78 is 72.9. The van der Waals surface area contributed by atoms with Crippen molar-refractivity contribution < 1.29 is 60.9 Å². The van der Waals surface area contributed by atoms with E-state index < -0.39 is 95.5 Å². The summed E-state index contributed by atoms with van der Waals surface area (Å²) in [6.45, 7) is -1.30. The minimum atomic E-state index is -1.91. The van der Waals surface area contributed by atoms with E-state index in [0.29, 0.717) is 30.7 Å². The second-order valence-electron chi connectivity index (χ2n) is 13.2. The monoisotopic (exact) mass is 765 g/mol. The number of halogens is 4. The van der Waals surface area contributed by atoms with Crippen LogP contribution in [0.2, 0.25) is 0 Å². The van der Waals surface area contributed by atoms with Gasteiger partial charge in [0.05, 0.1) is 25.4 Å². The predicted octanol–water partition coefficient (Wildman–Crippen LogP) is 5.03. The molecule has 0 saturated carbocycles. The largest absolute Gasteiger partial charge is 0.497 e. The Labute approximate surface area is 311 Å². The Hall–Kier alpha value is -6.19. The lowest BCUT2D eigenvalue weighted by atomic mass is 9.79. The highest BCUT2D eigenvalue weighted by atomic mass is 19.2. The molecule has 2 heterocycles. The van der Waals surface area contributed by atoms with Crippen LogP contribution in [0.1, 0.15) is 47.6 Å². The molecule has 1 aliphatic heterocycles. The maximum Gasteiger partial charge on any atom is 0.412 e. The van der Waals surface area contributed by atoms with Gasteiger partial charge in [0.2, 0.25) is 17.5 Å². The van der Waals surface area contributed by atoms with Crippen molar-refractivity contribution in [2.24, 2.45) is 5.92 Å². The average molecular weight is 766 g/mol. The third-order valence-electron chi connectivity index (χ3n) is 9.63. The highest BCUT2D eigenvalue weighted by molar-refractivity contribution is 5.96. The number of hydrogen-bond donors (Lipinski definition) is 3. The number of ether oxygens (including phenoxy) is 3. The molecule has 4 unspecified atom stereocenters. The lowest BCUT2D eigenvalue weighted by Gasteiger charge is -2.31. The first-order valence-corrected chi connectivity index (χ1v) is 17.2. The molecule has 3 aromatic carbocycles. The zero-order chi connectivity index (χ0) is 39.4. The number of ketones is 2. The summed E-state index contributed by atoms with van der Waals surface area (Å²) in [6.07, 6.45) is 0.890. The van der Waals surface area contributed by atoms with E-state index in [0.717, 1.165) is 16.7 Å². The van der Waals surface area contributed by atoms with Crippen LogP contribution in [0.25, 0.3) is 0 Å². The van der Waals surface area contributed by atoms with E-state index in [-0.39, 0.29) is 24.8 Å². The number of rotatable bonds is 13. The lowest BCUT2D eigenvalue weighted by Crippen LogP contribution is -2.47. The van der Waals surface area contributed by atoms with E-state index in [9.17, 15) is 46.6 Å². The van der Waals surface area contributed by atoms with Gasteiger partial charge in [-0.15, -0.1) is 0 Å². The maximum atomic E-state index is 14.1. The Morgan fingerprint density at radius 1 is 0.982 bits per heavy atom. The Bertz CT molecular complexity index is 2120. The van der Waals surface area contributed by atoms with Crippen LogP contribution in [0.5, 0.6) is 17.2 Å². The number of amides is 2. The van der Waals surface area contributed by atoms with Crippen LogP contribution in [0.3, 0.4) is 0 Å². The number of benzene rings is 3. The number of Topliss-reactive ketones (excluding diaryl/α,β-unsaturated/α-hetero) is 2. The molecule has 0 fully saturated rings. The fourth-order valence-corrected chi connectivity index (χ4v) is 6.96. The fourth-order valence-electron chi connectivity index (χ4n) is 6.96. The first kappa shape index (κ1) is 38.5. The van der Waals surface area contributed by atoms with E-state index in [1.165, 1.54) is 7.11 Å². The molecule has 2 amide bonds. The third kappa shape index (κ3) is 8.63. The van der Waals surface area contributed by atoms with Crippen molar-refractivity contribution in [2.75, 3.05) is 13.7 Å². The molecule has 4 atom stereocenters. The Kier molecular flexibility index (Phi) is 11.5. The topological polar surface area (TPSA) is 162 Å². The highest BCUT2D eigenvalue weighted by Gasteiger charge is 2.43. The van der Waals surface area contributed by atoms with Gasteiger partial charge < -0.3 is 34.5 Å². The van der Waals surface area contributed by atoms with Gasteiger partial charge >= 0.3 is 12.1 Å². The predicted molar refractivity (Wildman–Crippen MR) is 185 cm³/mol. The summed E-state index contributed by atoms with van der Waals surface area (Å²) in [5.41, 5.74) is 3.14. The van der Waals surface area contributed by atoms with Crippen molar-refractivity contribution in [1.29, 1.82) is 0 Å². The van der Waals surface area contributed by atoms with Gasteiger partial charge in [0.15, 0.2) is 23.2 Å². The van der Waals surface area contributed by atoms with Crippen LogP contribution >= 0.6 is 0 Å². The minimum Gasteiger partial charge on any atom is -0.497 e. The SMILES string of the molecule is COc1ccc(Cc2ccccc2)c(OC(=O)NC2CCc3ccn4c3C2C(=O)CC(C(=O)NC(CC(=O)O)C(=O)COc2c(F)c(F)cc(F)c2F)C4)c1. The molecular formula is C39H35F4N3O9. The molecule has 16 heteroatoms. The average Bonchev–Trinajstić information content (AvgIpc) is 3.49. The van der Waals surface area contributed by atoms with Gasteiger partial charge in [-0.05, 0) is 41.7 Å². The van der Waals surface area contributed by atoms with Gasteiger partial charge in [-0.3, -0.25) is 19.2 Å². The molecule has 0 radical (unpaired) electrons. The number of carboxylic acids is 1. The second-order valence-corrected chi connectivity index (χ2v) is 13.2. The third-order valence-corrected chi connectivity index (χ3v) is 9.63. The van der Waals surface area contributed by atoms with Gasteiger partial charge in [-0.25, -0.2) is 13.6 Å². The standard InChI is InChI=1S/C39H35F4N3O9/c1-53-24-9-7-22(13-20-5-3-2-4-6-20)31(15-24)55-39(52)45-27-10-8-21-11-12-46-18-23(14-29(47)33(27)36(21)46)38(51)44-28(17-32(49)50)30(48)19-54-37-34(42)25(40)16-26(41)35(37)43/h2-7,9,11-12,15-16,23,27-28,33H,8,10,13-14,17-19H2,1H3,(H,44,51)(H,45,52)(H,49,50). The van der Waals surface area contributed by atoms with Crippen molar-refractivity contribution in [3.63, 3.8) is 0 Å². The molecule has 288 valence electrons. The molecule has 0 spiro atoms. The zero-order valence-corrected chi connectivity index (χ0v) is 29.3. The molecule has 6 rings (SSSR count). The van der Waals surface area contributed by atoms with Crippen molar-refractivity contribution in [2.45, 2.75) is 56.7 Å². The summed E-state index contributed by atoms with van der Waals surface area (Å²) in [6, 6.07) is 13.9. The van der Waals surface area contributed by atoms with Crippen LogP contribution in [0.15, 0.2) is 66.9 Å². The number of carbonyl (C=O) groups excluding carboxylic acids is 4.